The lowest BCUT2D eigenvalue weighted by Gasteiger charge is -2.03. The predicted molar refractivity (Wildman–Crippen MR) is 92.4 cm³/mol. The number of carboxylic acid groups (broad SMARTS) is 1. The Balaban J connectivity index is 0. The van der Waals surface area contributed by atoms with Gasteiger partial charge in [0.05, 0.1) is 13.2 Å². The number of hydrogen-bond donors (Lipinski definition) is 1. The number of ether oxygens (including phenoxy) is 2. The second kappa shape index (κ2) is 16.7. The molecule has 0 aromatic rings. The van der Waals surface area contributed by atoms with E-state index in [1.54, 1.807) is 19.1 Å². The highest BCUT2D eigenvalue weighted by Gasteiger charge is 2.05. The highest BCUT2D eigenvalue weighted by Crippen LogP contribution is 2.03. The van der Waals surface area contributed by atoms with Crippen molar-refractivity contribution >= 4 is 17.9 Å². The van der Waals surface area contributed by atoms with Gasteiger partial charge in [0.2, 0.25) is 0 Å². The summed E-state index contributed by atoms with van der Waals surface area (Å²) in [7, 11) is 0. The van der Waals surface area contributed by atoms with Crippen molar-refractivity contribution in [2.24, 2.45) is 0 Å². The van der Waals surface area contributed by atoms with E-state index in [0.717, 1.165) is 25.0 Å². The molecule has 134 valence electrons. The van der Waals surface area contributed by atoms with E-state index in [1.807, 2.05) is 6.08 Å². The van der Waals surface area contributed by atoms with Gasteiger partial charge in [-0.05, 0) is 19.8 Å². The second-order valence-electron chi connectivity index (χ2n) is 4.38. The molecule has 1 N–H and O–H groups in total. The minimum atomic E-state index is -1.16. The third-order valence-corrected chi connectivity index (χ3v) is 2.30. The van der Waals surface area contributed by atoms with Crippen LogP contribution >= 0.6 is 0 Å². The summed E-state index contributed by atoms with van der Waals surface area (Å²) in [6, 6.07) is 0. The molecule has 0 radical (unpaired) electrons. The molecular weight excluding hydrogens is 312 g/mol. The summed E-state index contributed by atoms with van der Waals surface area (Å²) < 4.78 is 9.38. The van der Waals surface area contributed by atoms with E-state index in [4.69, 9.17) is 9.84 Å². The fraction of sp³-hybridized carbons (Fsp3) is 0.389. The van der Waals surface area contributed by atoms with Crippen LogP contribution in [-0.2, 0) is 23.9 Å². The lowest BCUT2D eigenvalue weighted by Crippen LogP contribution is -2.07. The van der Waals surface area contributed by atoms with Gasteiger partial charge in [-0.15, -0.1) is 0 Å². The SMILES string of the molecule is C=CC=CCC(=C)C(=O)OCCCC.CCOC(=O)C=CC(=O)O. The Morgan fingerprint density at radius 3 is 2.29 bits per heavy atom. The number of esters is 2. The van der Waals surface area contributed by atoms with Crippen LogP contribution in [-0.4, -0.2) is 36.2 Å². The third-order valence-electron chi connectivity index (χ3n) is 2.30. The van der Waals surface area contributed by atoms with E-state index in [2.05, 4.69) is 24.8 Å². The summed E-state index contributed by atoms with van der Waals surface area (Å²) in [6.07, 6.45) is 9.33. The maximum atomic E-state index is 11.2. The molecule has 0 bridgehead atoms. The molecule has 0 rings (SSSR count). The highest BCUT2D eigenvalue weighted by molar-refractivity contribution is 5.90. The molecule has 0 aliphatic rings. The Hall–Kier alpha value is -2.63. The van der Waals surface area contributed by atoms with E-state index in [0.29, 0.717) is 18.6 Å². The van der Waals surface area contributed by atoms with Gasteiger partial charge >= 0.3 is 17.9 Å². The van der Waals surface area contributed by atoms with Crippen LogP contribution in [0.4, 0.5) is 0 Å². The van der Waals surface area contributed by atoms with Crippen LogP contribution in [0.2, 0.25) is 0 Å². The summed E-state index contributed by atoms with van der Waals surface area (Å²) in [5.41, 5.74) is 0.485. The van der Waals surface area contributed by atoms with Crippen molar-refractivity contribution in [2.45, 2.75) is 33.1 Å². The topological polar surface area (TPSA) is 89.9 Å². The number of carboxylic acids is 1. The molecular formula is C18H26O6. The zero-order valence-corrected chi connectivity index (χ0v) is 14.3. The maximum absolute atomic E-state index is 11.2. The van der Waals surface area contributed by atoms with Crippen LogP contribution in [0.25, 0.3) is 0 Å². The standard InChI is InChI=1S/C12H18O2.C6H8O4/c1-4-6-8-9-11(3)12(13)14-10-7-5-2;1-2-10-6(9)4-3-5(7)8/h4,6,8H,1,3,5,7,9-10H2,2H3;3-4H,2H2,1H3,(H,7,8). The molecule has 0 saturated heterocycles. The molecule has 0 fully saturated rings. The molecule has 0 atom stereocenters. The van der Waals surface area contributed by atoms with E-state index in [9.17, 15) is 14.4 Å². The molecule has 0 aromatic carbocycles. The molecule has 0 saturated carbocycles. The quantitative estimate of drug-likeness (QED) is 0.285. The van der Waals surface area contributed by atoms with Crippen molar-refractivity contribution < 1.29 is 29.0 Å². The Morgan fingerprint density at radius 1 is 1.12 bits per heavy atom. The van der Waals surface area contributed by atoms with E-state index in [-0.39, 0.29) is 12.6 Å². The van der Waals surface area contributed by atoms with Gasteiger partial charge in [-0.25, -0.2) is 14.4 Å². The molecule has 0 aromatic heterocycles. The van der Waals surface area contributed by atoms with Crippen molar-refractivity contribution in [1.29, 1.82) is 0 Å². The Bertz CT molecular complexity index is 474. The van der Waals surface area contributed by atoms with Crippen molar-refractivity contribution in [3.05, 3.63) is 49.1 Å². The number of carbonyl (C=O) groups excluding carboxylic acids is 2. The van der Waals surface area contributed by atoms with Crippen molar-refractivity contribution in [1.82, 2.24) is 0 Å². The summed E-state index contributed by atoms with van der Waals surface area (Å²) in [5.74, 6) is -2.09. The van der Waals surface area contributed by atoms with Crippen LogP contribution in [0.3, 0.4) is 0 Å². The number of allylic oxidation sites excluding steroid dienone is 3. The zero-order chi connectivity index (χ0) is 18.8. The Morgan fingerprint density at radius 2 is 1.79 bits per heavy atom. The van der Waals surface area contributed by atoms with E-state index >= 15 is 0 Å². The third kappa shape index (κ3) is 17.4. The van der Waals surface area contributed by atoms with Gasteiger partial charge in [0.1, 0.15) is 0 Å². The summed E-state index contributed by atoms with van der Waals surface area (Å²) >= 11 is 0. The van der Waals surface area contributed by atoms with Gasteiger partial charge in [-0.3, -0.25) is 0 Å². The first-order chi connectivity index (χ1) is 11.4. The number of aliphatic carboxylic acids is 1. The summed E-state index contributed by atoms with van der Waals surface area (Å²) in [4.78, 5) is 31.4. The van der Waals surface area contributed by atoms with Crippen LogP contribution in [0.15, 0.2) is 49.1 Å². The van der Waals surface area contributed by atoms with Gasteiger partial charge in [0.25, 0.3) is 0 Å². The molecule has 0 unspecified atom stereocenters. The predicted octanol–water partition coefficient (Wildman–Crippen LogP) is 3.21. The Labute approximate surface area is 143 Å². The van der Waals surface area contributed by atoms with E-state index in [1.165, 1.54) is 0 Å². The van der Waals surface area contributed by atoms with Crippen molar-refractivity contribution in [3.63, 3.8) is 0 Å². The minimum Gasteiger partial charge on any atom is -0.478 e. The molecule has 6 nitrogen and oxygen atoms in total. The molecule has 0 heterocycles. The molecule has 0 spiro atoms. The Kier molecular flexibility index (Phi) is 16.5. The normalized spacial score (nSPS) is 9.92. The second-order valence-corrected chi connectivity index (χ2v) is 4.38. The fourth-order valence-electron chi connectivity index (χ4n) is 1.13. The molecule has 0 amide bonds. The fourth-order valence-corrected chi connectivity index (χ4v) is 1.13. The molecule has 6 heteroatoms. The number of hydrogen-bond acceptors (Lipinski definition) is 5. The summed E-state index contributed by atoms with van der Waals surface area (Å²) in [5, 5.41) is 8.04. The van der Waals surface area contributed by atoms with Crippen LogP contribution < -0.4 is 0 Å². The smallest absolute Gasteiger partial charge is 0.333 e. The number of unbranched alkanes of at least 4 members (excludes halogenated alkanes) is 1. The van der Waals surface area contributed by atoms with Gasteiger partial charge < -0.3 is 14.6 Å². The maximum Gasteiger partial charge on any atom is 0.333 e. The van der Waals surface area contributed by atoms with Crippen molar-refractivity contribution in [3.8, 4) is 0 Å². The first-order valence-corrected chi connectivity index (χ1v) is 7.59. The first kappa shape index (κ1) is 23.6. The highest BCUT2D eigenvalue weighted by atomic mass is 16.5. The summed E-state index contributed by atoms with van der Waals surface area (Å²) in [6.45, 7) is 11.6. The van der Waals surface area contributed by atoms with Crippen molar-refractivity contribution in [2.75, 3.05) is 13.2 Å². The molecule has 0 aliphatic heterocycles. The average molecular weight is 338 g/mol. The van der Waals surface area contributed by atoms with Gasteiger partial charge in [-0.1, -0.05) is 44.7 Å². The van der Waals surface area contributed by atoms with Gasteiger partial charge in [0.15, 0.2) is 0 Å². The lowest BCUT2D eigenvalue weighted by molar-refractivity contribution is -0.139. The van der Waals surface area contributed by atoms with Crippen LogP contribution in [0, 0.1) is 0 Å². The first-order valence-electron chi connectivity index (χ1n) is 7.59. The largest absolute Gasteiger partial charge is 0.478 e. The van der Waals surface area contributed by atoms with Gasteiger partial charge in [0, 0.05) is 17.7 Å². The number of rotatable bonds is 10. The van der Waals surface area contributed by atoms with E-state index < -0.39 is 11.9 Å². The van der Waals surface area contributed by atoms with Crippen LogP contribution in [0.1, 0.15) is 33.1 Å². The van der Waals surface area contributed by atoms with Gasteiger partial charge in [-0.2, -0.15) is 0 Å². The number of carbonyl (C=O) groups is 3. The monoisotopic (exact) mass is 338 g/mol. The van der Waals surface area contributed by atoms with Crippen LogP contribution in [0.5, 0.6) is 0 Å². The average Bonchev–Trinajstić information content (AvgIpc) is 2.54. The lowest BCUT2D eigenvalue weighted by atomic mass is 10.2. The molecule has 24 heavy (non-hydrogen) atoms. The molecule has 0 aliphatic carbocycles. The minimum absolute atomic E-state index is 0.253. The zero-order valence-electron chi connectivity index (χ0n) is 14.3.